The Labute approximate surface area is 247 Å². The highest BCUT2D eigenvalue weighted by atomic mass is 16.3. The lowest BCUT2D eigenvalue weighted by Crippen LogP contribution is -1.96. The minimum Gasteiger partial charge on any atom is -0.456 e. The Morgan fingerprint density at radius 1 is 0.488 bits per heavy atom. The molecule has 0 saturated heterocycles. The molecule has 0 bridgehead atoms. The molecular weight excluding hydrogens is 524 g/mol. The molecule has 0 N–H and O–H groups in total. The van der Waals surface area contributed by atoms with Crippen molar-refractivity contribution in [2.24, 2.45) is 0 Å². The van der Waals surface area contributed by atoms with Crippen molar-refractivity contribution >= 4 is 71.4 Å². The molecule has 1 aliphatic rings. The van der Waals surface area contributed by atoms with Gasteiger partial charge in [-0.2, -0.15) is 0 Å². The number of aryl methyl sites for hydroxylation is 1. The minimum absolute atomic E-state index is 0.958. The maximum Gasteiger partial charge on any atom is 0.137 e. The molecule has 202 valence electrons. The Kier molecular flexibility index (Phi) is 4.56. The fraction of sp³-hybridized carbons (Fsp3) is 0.0500. The summed E-state index contributed by atoms with van der Waals surface area (Å²) < 4.78 is 11.2. The SMILES string of the molecule is C1=Cc2oc3cc4c(cc3c2CC1)c1cc2c3ccccc3n(-c3ccc5ccccc5c3)c2cc1n4-c1ccccc1. The number of hydrogen-bond donors (Lipinski definition) is 0. The van der Waals surface area contributed by atoms with Crippen LogP contribution in [0.1, 0.15) is 17.7 Å². The van der Waals surface area contributed by atoms with E-state index in [-0.39, 0.29) is 0 Å². The van der Waals surface area contributed by atoms with Crippen LogP contribution < -0.4 is 0 Å². The topological polar surface area (TPSA) is 23.0 Å². The van der Waals surface area contributed by atoms with E-state index in [1.54, 1.807) is 0 Å². The second-order valence-electron chi connectivity index (χ2n) is 11.7. The standard InChI is InChI=1S/C40H26N2O/c1-2-12-27(13-3-1)41-37-23-36-31(21-32(37)33-22-34-30-15-7-9-17-39(30)43-40(34)24-38(33)41)29-14-6-8-16-35(29)42(36)28-19-18-25-10-4-5-11-26(25)20-28/h1-6,8-14,16-24H,7,15H2. The zero-order valence-corrected chi connectivity index (χ0v) is 23.4. The summed E-state index contributed by atoms with van der Waals surface area (Å²) >= 11 is 0. The van der Waals surface area contributed by atoms with Crippen molar-refractivity contribution in [3.05, 3.63) is 139 Å². The molecule has 0 saturated carbocycles. The summed E-state index contributed by atoms with van der Waals surface area (Å²) in [7, 11) is 0. The highest BCUT2D eigenvalue weighted by Crippen LogP contribution is 2.42. The van der Waals surface area contributed by atoms with Gasteiger partial charge in [0.25, 0.3) is 0 Å². The van der Waals surface area contributed by atoms with Crippen molar-refractivity contribution in [2.45, 2.75) is 12.8 Å². The predicted octanol–water partition coefficient (Wildman–Crippen LogP) is 10.7. The largest absolute Gasteiger partial charge is 0.456 e. The number of rotatable bonds is 2. The van der Waals surface area contributed by atoms with Crippen LogP contribution in [0.4, 0.5) is 0 Å². The van der Waals surface area contributed by atoms with Crippen molar-refractivity contribution < 1.29 is 4.42 Å². The third-order valence-electron chi connectivity index (χ3n) is 9.34. The second-order valence-corrected chi connectivity index (χ2v) is 11.7. The number of allylic oxidation sites excluding steroid dienone is 1. The third-order valence-corrected chi connectivity index (χ3v) is 9.34. The van der Waals surface area contributed by atoms with Crippen molar-refractivity contribution in [3.8, 4) is 11.4 Å². The van der Waals surface area contributed by atoms with Gasteiger partial charge in [-0.15, -0.1) is 0 Å². The molecule has 1 aliphatic carbocycles. The number of furan rings is 1. The molecule has 0 atom stereocenters. The number of fused-ring (bicyclic) bond motifs is 10. The van der Waals surface area contributed by atoms with Crippen LogP contribution in [0, 0.1) is 0 Å². The van der Waals surface area contributed by atoms with E-state index >= 15 is 0 Å². The maximum atomic E-state index is 6.41. The van der Waals surface area contributed by atoms with Gasteiger partial charge in [-0.05, 0) is 78.2 Å². The number of para-hydroxylation sites is 2. The van der Waals surface area contributed by atoms with Crippen LogP contribution in [0.3, 0.4) is 0 Å². The van der Waals surface area contributed by atoms with Gasteiger partial charge in [0.1, 0.15) is 11.3 Å². The highest BCUT2D eigenvalue weighted by molar-refractivity contribution is 6.20. The van der Waals surface area contributed by atoms with Crippen LogP contribution in [-0.4, -0.2) is 9.13 Å². The van der Waals surface area contributed by atoms with Gasteiger partial charge in [0.05, 0.1) is 22.1 Å². The molecule has 10 rings (SSSR count). The Morgan fingerprint density at radius 3 is 2.07 bits per heavy atom. The van der Waals surface area contributed by atoms with Gasteiger partial charge < -0.3 is 13.6 Å². The first-order valence-corrected chi connectivity index (χ1v) is 15.0. The van der Waals surface area contributed by atoms with Crippen LogP contribution in [0.15, 0.2) is 132 Å². The summed E-state index contributed by atoms with van der Waals surface area (Å²) in [6, 6.07) is 44.3. The van der Waals surface area contributed by atoms with E-state index in [9.17, 15) is 0 Å². The van der Waals surface area contributed by atoms with Gasteiger partial charge >= 0.3 is 0 Å². The molecule has 3 heterocycles. The van der Waals surface area contributed by atoms with Gasteiger partial charge in [-0.25, -0.2) is 0 Å². The van der Waals surface area contributed by atoms with Gasteiger partial charge in [-0.3, -0.25) is 0 Å². The minimum atomic E-state index is 0.958. The normalized spacial score (nSPS) is 13.3. The van der Waals surface area contributed by atoms with Crippen LogP contribution in [-0.2, 0) is 6.42 Å². The van der Waals surface area contributed by atoms with E-state index in [1.807, 2.05) is 0 Å². The number of nitrogens with zero attached hydrogens (tertiary/aromatic N) is 2. The first kappa shape index (κ1) is 23.1. The van der Waals surface area contributed by atoms with E-state index in [4.69, 9.17) is 4.42 Å². The fourth-order valence-electron chi connectivity index (χ4n) is 7.40. The summed E-state index contributed by atoms with van der Waals surface area (Å²) in [5.41, 5.74) is 9.38. The summed E-state index contributed by atoms with van der Waals surface area (Å²) in [5, 5.41) is 8.77. The van der Waals surface area contributed by atoms with Crippen molar-refractivity contribution in [3.63, 3.8) is 0 Å². The van der Waals surface area contributed by atoms with Gasteiger partial charge in [0.15, 0.2) is 0 Å². The first-order chi connectivity index (χ1) is 21.3. The van der Waals surface area contributed by atoms with Crippen LogP contribution in [0.25, 0.3) is 82.8 Å². The lowest BCUT2D eigenvalue weighted by molar-refractivity contribution is 0.595. The van der Waals surface area contributed by atoms with E-state index in [2.05, 4.69) is 143 Å². The van der Waals surface area contributed by atoms with E-state index in [0.29, 0.717) is 0 Å². The lowest BCUT2D eigenvalue weighted by Gasteiger charge is -2.11. The zero-order valence-electron chi connectivity index (χ0n) is 23.4. The van der Waals surface area contributed by atoms with E-state index in [1.165, 1.54) is 65.5 Å². The lowest BCUT2D eigenvalue weighted by atomic mass is 9.99. The molecule has 6 aromatic carbocycles. The quantitative estimate of drug-likeness (QED) is 0.210. The molecule has 0 aliphatic heterocycles. The first-order valence-electron chi connectivity index (χ1n) is 15.0. The van der Waals surface area contributed by atoms with Gasteiger partial charge in [0, 0.05) is 49.9 Å². The summed E-state index contributed by atoms with van der Waals surface area (Å²) in [6.07, 6.45) is 6.43. The number of aromatic nitrogens is 2. The average Bonchev–Trinajstić information content (AvgIpc) is 3.69. The maximum absolute atomic E-state index is 6.41. The van der Waals surface area contributed by atoms with E-state index in [0.717, 1.165) is 35.4 Å². The summed E-state index contributed by atoms with van der Waals surface area (Å²) in [6.45, 7) is 0. The molecular formula is C40H26N2O. The van der Waals surface area contributed by atoms with Crippen LogP contribution in [0.2, 0.25) is 0 Å². The summed E-state index contributed by atoms with van der Waals surface area (Å²) in [4.78, 5) is 0. The Balaban J connectivity index is 1.37. The highest BCUT2D eigenvalue weighted by Gasteiger charge is 2.22. The molecule has 3 aromatic heterocycles. The average molecular weight is 551 g/mol. The number of benzene rings is 6. The fourth-order valence-corrected chi connectivity index (χ4v) is 7.40. The second kappa shape index (κ2) is 8.50. The number of hydrogen-bond acceptors (Lipinski definition) is 1. The molecule has 9 aromatic rings. The predicted molar refractivity (Wildman–Crippen MR) is 180 cm³/mol. The Bertz CT molecular complexity index is 2610. The molecule has 0 fully saturated rings. The Hall–Kier alpha value is -5.54. The molecule has 3 nitrogen and oxygen atoms in total. The molecule has 0 unspecified atom stereocenters. The van der Waals surface area contributed by atoms with Gasteiger partial charge in [0.2, 0.25) is 0 Å². The van der Waals surface area contributed by atoms with Gasteiger partial charge in [-0.1, -0.05) is 72.8 Å². The smallest absolute Gasteiger partial charge is 0.137 e. The summed E-state index contributed by atoms with van der Waals surface area (Å²) in [5.74, 6) is 1.00. The molecule has 43 heavy (non-hydrogen) atoms. The van der Waals surface area contributed by atoms with Crippen molar-refractivity contribution in [1.82, 2.24) is 9.13 Å². The van der Waals surface area contributed by atoms with E-state index < -0.39 is 0 Å². The third kappa shape index (κ3) is 3.19. The molecule has 0 amide bonds. The molecule has 0 radical (unpaired) electrons. The van der Waals surface area contributed by atoms with Crippen molar-refractivity contribution in [2.75, 3.05) is 0 Å². The zero-order chi connectivity index (χ0) is 28.1. The van der Waals surface area contributed by atoms with Crippen molar-refractivity contribution in [1.29, 1.82) is 0 Å². The Morgan fingerprint density at radius 2 is 1.19 bits per heavy atom. The molecule has 3 heteroatoms. The van der Waals surface area contributed by atoms with Crippen LogP contribution >= 0.6 is 0 Å². The monoisotopic (exact) mass is 550 g/mol. The molecule has 0 spiro atoms. The van der Waals surface area contributed by atoms with Crippen LogP contribution in [0.5, 0.6) is 0 Å².